The van der Waals surface area contributed by atoms with Gasteiger partial charge in [-0.2, -0.15) is 0 Å². The number of morpholine rings is 1. The van der Waals surface area contributed by atoms with Gasteiger partial charge in [0, 0.05) is 25.0 Å². The molecular formula is C15H22N4O2. The van der Waals surface area contributed by atoms with Crippen molar-refractivity contribution >= 4 is 5.91 Å². The molecule has 6 nitrogen and oxygen atoms in total. The minimum atomic E-state index is -0.394. The molecule has 1 aliphatic carbocycles. The van der Waals surface area contributed by atoms with Gasteiger partial charge in [-0.25, -0.2) is 9.97 Å². The van der Waals surface area contributed by atoms with E-state index >= 15 is 0 Å². The average molecular weight is 290 g/mol. The molecular weight excluding hydrogens is 268 g/mol. The molecule has 2 aliphatic rings. The lowest BCUT2D eigenvalue weighted by Gasteiger charge is -2.30. The molecule has 1 saturated heterocycles. The summed E-state index contributed by atoms with van der Waals surface area (Å²) >= 11 is 0. The van der Waals surface area contributed by atoms with Crippen LogP contribution >= 0.6 is 0 Å². The highest BCUT2D eigenvalue weighted by Gasteiger charge is 2.37. The Balaban J connectivity index is 1.69. The second kappa shape index (κ2) is 6.07. The Morgan fingerprint density at radius 3 is 3.00 bits per heavy atom. The van der Waals surface area contributed by atoms with Crippen LogP contribution in [0.1, 0.15) is 30.4 Å². The summed E-state index contributed by atoms with van der Waals surface area (Å²) in [7, 11) is 2.00. The first kappa shape index (κ1) is 14.4. The van der Waals surface area contributed by atoms with Gasteiger partial charge in [0.2, 0.25) is 0 Å². The minimum absolute atomic E-state index is 0.0523. The first-order valence-electron chi connectivity index (χ1n) is 7.53. The van der Waals surface area contributed by atoms with Crippen molar-refractivity contribution in [3.8, 4) is 0 Å². The van der Waals surface area contributed by atoms with E-state index in [1.807, 2.05) is 20.0 Å². The van der Waals surface area contributed by atoms with Gasteiger partial charge in [-0.1, -0.05) is 0 Å². The number of ether oxygens (including phenoxy) is 1. The number of likely N-dealkylation sites (N-methyl/N-ethyl adjacent to an activating group) is 1. The maximum atomic E-state index is 12.4. The van der Waals surface area contributed by atoms with Crippen LogP contribution in [-0.4, -0.2) is 53.6 Å². The Labute approximate surface area is 124 Å². The van der Waals surface area contributed by atoms with E-state index in [-0.39, 0.29) is 11.9 Å². The fourth-order valence-corrected chi connectivity index (χ4v) is 2.62. The minimum Gasteiger partial charge on any atom is -0.366 e. The fourth-order valence-electron chi connectivity index (χ4n) is 2.62. The third-order valence-corrected chi connectivity index (χ3v) is 4.04. The van der Waals surface area contributed by atoms with Crippen molar-refractivity contribution < 1.29 is 9.53 Å². The third-order valence-electron chi connectivity index (χ3n) is 4.04. The zero-order valence-electron chi connectivity index (χ0n) is 12.6. The molecule has 0 bridgehead atoms. The number of aromatic nitrogens is 2. The molecule has 6 heteroatoms. The summed E-state index contributed by atoms with van der Waals surface area (Å²) in [5.41, 5.74) is 0.925. The van der Waals surface area contributed by atoms with Crippen LogP contribution in [0.3, 0.4) is 0 Å². The van der Waals surface area contributed by atoms with Crippen molar-refractivity contribution in [1.29, 1.82) is 0 Å². The molecule has 114 valence electrons. The summed E-state index contributed by atoms with van der Waals surface area (Å²) in [4.78, 5) is 23.3. The van der Waals surface area contributed by atoms with Crippen LogP contribution in [0.4, 0.5) is 0 Å². The SMILES string of the molecule is Cc1ccnc([C@@H](NC(=O)[C@H]2CN(C)CCO2)C2CC2)n1. The summed E-state index contributed by atoms with van der Waals surface area (Å²) in [5.74, 6) is 1.12. The quantitative estimate of drug-likeness (QED) is 0.883. The van der Waals surface area contributed by atoms with Crippen LogP contribution in [-0.2, 0) is 9.53 Å². The van der Waals surface area contributed by atoms with E-state index in [9.17, 15) is 4.79 Å². The maximum Gasteiger partial charge on any atom is 0.251 e. The molecule has 2 atom stereocenters. The molecule has 0 spiro atoms. The van der Waals surface area contributed by atoms with E-state index in [2.05, 4.69) is 20.2 Å². The molecule has 1 aromatic heterocycles. The van der Waals surface area contributed by atoms with Gasteiger partial charge in [0.05, 0.1) is 12.6 Å². The van der Waals surface area contributed by atoms with Crippen molar-refractivity contribution in [2.45, 2.75) is 31.9 Å². The number of aryl methyl sites for hydroxylation is 1. The van der Waals surface area contributed by atoms with Crippen molar-refractivity contribution in [3.63, 3.8) is 0 Å². The van der Waals surface area contributed by atoms with Crippen LogP contribution in [0.2, 0.25) is 0 Å². The zero-order valence-corrected chi connectivity index (χ0v) is 12.6. The van der Waals surface area contributed by atoms with E-state index in [1.54, 1.807) is 6.20 Å². The predicted octanol–water partition coefficient (Wildman–Crippen LogP) is 0.683. The number of hydrogen-bond acceptors (Lipinski definition) is 5. The first-order chi connectivity index (χ1) is 10.1. The summed E-state index contributed by atoms with van der Waals surface area (Å²) in [6.07, 6.45) is 3.60. The van der Waals surface area contributed by atoms with Crippen LogP contribution in [0, 0.1) is 12.8 Å². The van der Waals surface area contributed by atoms with Crippen molar-refractivity contribution in [3.05, 3.63) is 23.8 Å². The van der Waals surface area contributed by atoms with Crippen LogP contribution < -0.4 is 5.32 Å². The molecule has 2 fully saturated rings. The largest absolute Gasteiger partial charge is 0.366 e. The average Bonchev–Trinajstić information content (AvgIpc) is 3.29. The van der Waals surface area contributed by atoms with Gasteiger partial charge in [0.1, 0.15) is 6.10 Å². The highest BCUT2D eigenvalue weighted by molar-refractivity contribution is 5.81. The van der Waals surface area contributed by atoms with Gasteiger partial charge in [-0.15, -0.1) is 0 Å². The Morgan fingerprint density at radius 2 is 2.33 bits per heavy atom. The molecule has 1 aliphatic heterocycles. The molecule has 1 saturated carbocycles. The topological polar surface area (TPSA) is 67.4 Å². The van der Waals surface area contributed by atoms with E-state index in [0.717, 1.165) is 30.9 Å². The molecule has 1 amide bonds. The molecule has 0 aromatic carbocycles. The van der Waals surface area contributed by atoms with Crippen molar-refractivity contribution in [1.82, 2.24) is 20.2 Å². The molecule has 1 N–H and O–H groups in total. The first-order valence-corrected chi connectivity index (χ1v) is 7.53. The lowest BCUT2D eigenvalue weighted by molar-refractivity contribution is -0.138. The number of carbonyl (C=O) groups excluding carboxylic acids is 1. The lowest BCUT2D eigenvalue weighted by atomic mass is 10.1. The number of nitrogens with zero attached hydrogens (tertiary/aromatic N) is 3. The van der Waals surface area contributed by atoms with Gasteiger partial charge >= 0.3 is 0 Å². The van der Waals surface area contributed by atoms with Crippen molar-refractivity contribution in [2.75, 3.05) is 26.7 Å². The van der Waals surface area contributed by atoms with Gasteiger partial charge in [0.25, 0.3) is 5.91 Å². The zero-order chi connectivity index (χ0) is 14.8. The monoisotopic (exact) mass is 290 g/mol. The number of amides is 1. The molecule has 21 heavy (non-hydrogen) atoms. The fraction of sp³-hybridized carbons (Fsp3) is 0.667. The van der Waals surface area contributed by atoms with E-state index < -0.39 is 6.10 Å². The predicted molar refractivity (Wildman–Crippen MR) is 77.6 cm³/mol. The van der Waals surface area contributed by atoms with E-state index in [0.29, 0.717) is 19.1 Å². The molecule has 0 unspecified atom stereocenters. The molecule has 0 radical (unpaired) electrons. The van der Waals surface area contributed by atoms with E-state index in [4.69, 9.17) is 4.74 Å². The lowest BCUT2D eigenvalue weighted by Crippen LogP contribution is -2.49. The Morgan fingerprint density at radius 1 is 1.52 bits per heavy atom. The smallest absolute Gasteiger partial charge is 0.251 e. The van der Waals surface area contributed by atoms with Crippen LogP contribution in [0.15, 0.2) is 12.3 Å². The maximum absolute atomic E-state index is 12.4. The highest BCUT2D eigenvalue weighted by Crippen LogP contribution is 2.40. The third kappa shape index (κ3) is 3.57. The summed E-state index contributed by atoms with van der Waals surface area (Å²) in [5, 5.41) is 3.10. The second-order valence-electron chi connectivity index (χ2n) is 6.00. The Hall–Kier alpha value is -1.53. The van der Waals surface area contributed by atoms with Gasteiger partial charge in [-0.3, -0.25) is 4.79 Å². The summed E-state index contributed by atoms with van der Waals surface area (Å²) in [6, 6.07) is 1.78. The van der Waals surface area contributed by atoms with Crippen molar-refractivity contribution in [2.24, 2.45) is 5.92 Å². The number of carbonyl (C=O) groups is 1. The van der Waals surface area contributed by atoms with Gasteiger partial charge in [0.15, 0.2) is 5.82 Å². The molecule has 3 rings (SSSR count). The number of rotatable bonds is 4. The number of hydrogen-bond donors (Lipinski definition) is 1. The summed E-state index contributed by atoms with van der Waals surface area (Å²) < 4.78 is 5.58. The van der Waals surface area contributed by atoms with Crippen LogP contribution in [0.5, 0.6) is 0 Å². The Kier molecular flexibility index (Phi) is 4.17. The van der Waals surface area contributed by atoms with Gasteiger partial charge < -0.3 is 15.0 Å². The normalized spacial score (nSPS) is 24.6. The number of nitrogens with one attached hydrogen (secondary N) is 1. The second-order valence-corrected chi connectivity index (χ2v) is 6.00. The molecule has 1 aromatic rings. The highest BCUT2D eigenvalue weighted by atomic mass is 16.5. The summed E-state index contributed by atoms with van der Waals surface area (Å²) in [6.45, 7) is 4.05. The van der Waals surface area contributed by atoms with E-state index in [1.165, 1.54) is 0 Å². The molecule has 2 heterocycles. The standard InChI is InChI=1S/C15H22N4O2/c1-10-5-6-16-14(17-10)13(11-3-4-11)18-15(20)12-9-19(2)7-8-21-12/h5-6,11-13H,3-4,7-9H2,1-2H3,(H,18,20)/t12-,13+/m1/s1. The van der Waals surface area contributed by atoms with Crippen LogP contribution in [0.25, 0.3) is 0 Å². The van der Waals surface area contributed by atoms with Gasteiger partial charge in [-0.05, 0) is 38.8 Å². The Bertz CT molecular complexity index is 518.